The Balaban J connectivity index is 1.84. The molecule has 0 spiro atoms. The lowest BCUT2D eigenvalue weighted by molar-refractivity contribution is -0.138. The Hall–Kier alpha value is -0.570. The lowest BCUT2D eigenvalue weighted by Gasteiger charge is -2.38. The van der Waals surface area contributed by atoms with Crippen LogP contribution in [0.25, 0.3) is 0 Å². The van der Waals surface area contributed by atoms with Crippen molar-refractivity contribution in [2.75, 3.05) is 13.6 Å². The summed E-state index contributed by atoms with van der Waals surface area (Å²) >= 11 is 0. The predicted molar refractivity (Wildman–Crippen MR) is 87.9 cm³/mol. The second kappa shape index (κ2) is 8.17. The minimum atomic E-state index is 0.268. The molecule has 2 rings (SSSR count). The van der Waals surface area contributed by atoms with E-state index in [2.05, 4.69) is 11.8 Å². The van der Waals surface area contributed by atoms with Crippen LogP contribution in [0.2, 0.25) is 0 Å². The van der Waals surface area contributed by atoms with Gasteiger partial charge < -0.3 is 10.6 Å². The fourth-order valence-corrected chi connectivity index (χ4v) is 4.42. The first kappa shape index (κ1) is 16.8. The third-order valence-corrected chi connectivity index (χ3v) is 6.00. The van der Waals surface area contributed by atoms with E-state index in [9.17, 15) is 4.79 Å². The summed E-state index contributed by atoms with van der Waals surface area (Å²) in [6.45, 7) is 3.06. The molecule has 2 saturated carbocycles. The molecule has 1 amide bonds. The lowest BCUT2D eigenvalue weighted by atomic mass is 9.78. The van der Waals surface area contributed by atoms with E-state index in [1.54, 1.807) is 0 Å². The Kier molecular flexibility index (Phi) is 6.53. The zero-order valence-electron chi connectivity index (χ0n) is 14.0. The van der Waals surface area contributed by atoms with E-state index in [-0.39, 0.29) is 5.92 Å². The Morgan fingerprint density at radius 2 is 1.81 bits per heavy atom. The van der Waals surface area contributed by atoms with E-state index in [0.717, 1.165) is 31.7 Å². The van der Waals surface area contributed by atoms with Gasteiger partial charge in [-0.2, -0.15) is 0 Å². The SMILES string of the molecule is CCC1CCC(N(C)C(=O)C2CCCC(CCN)C2)CC1. The minimum absolute atomic E-state index is 0.268. The maximum Gasteiger partial charge on any atom is 0.225 e. The van der Waals surface area contributed by atoms with Gasteiger partial charge in [-0.05, 0) is 63.3 Å². The molecule has 2 aliphatic carbocycles. The molecule has 0 aromatic carbocycles. The number of hydrogen-bond acceptors (Lipinski definition) is 2. The van der Waals surface area contributed by atoms with E-state index >= 15 is 0 Å². The summed E-state index contributed by atoms with van der Waals surface area (Å²) in [6.07, 6.45) is 12.1. The fourth-order valence-electron chi connectivity index (χ4n) is 4.42. The number of amides is 1. The average Bonchev–Trinajstić information content (AvgIpc) is 2.54. The van der Waals surface area contributed by atoms with Crippen LogP contribution in [0.1, 0.15) is 71.1 Å². The van der Waals surface area contributed by atoms with E-state index in [0.29, 0.717) is 17.9 Å². The van der Waals surface area contributed by atoms with Crippen molar-refractivity contribution in [3.05, 3.63) is 0 Å². The van der Waals surface area contributed by atoms with Gasteiger partial charge in [0.25, 0.3) is 0 Å². The minimum Gasteiger partial charge on any atom is -0.343 e. The van der Waals surface area contributed by atoms with Crippen molar-refractivity contribution in [2.45, 2.75) is 77.2 Å². The van der Waals surface area contributed by atoms with Gasteiger partial charge in [0, 0.05) is 19.0 Å². The Bertz CT molecular complexity index is 321. The monoisotopic (exact) mass is 294 g/mol. The van der Waals surface area contributed by atoms with E-state index in [4.69, 9.17) is 5.73 Å². The largest absolute Gasteiger partial charge is 0.343 e. The maximum absolute atomic E-state index is 12.8. The third kappa shape index (κ3) is 4.45. The summed E-state index contributed by atoms with van der Waals surface area (Å²) in [5, 5.41) is 0. The van der Waals surface area contributed by atoms with Crippen molar-refractivity contribution in [1.29, 1.82) is 0 Å². The standard InChI is InChI=1S/C18H34N2O/c1-3-14-7-9-17(10-8-14)20(2)18(21)16-6-4-5-15(13-16)11-12-19/h14-17H,3-13,19H2,1-2H3. The van der Waals surface area contributed by atoms with E-state index in [1.807, 2.05) is 7.05 Å². The highest BCUT2D eigenvalue weighted by Gasteiger charge is 2.32. The molecule has 2 N–H and O–H groups in total. The zero-order valence-corrected chi connectivity index (χ0v) is 14.0. The van der Waals surface area contributed by atoms with Gasteiger partial charge in [0.15, 0.2) is 0 Å². The number of carbonyl (C=O) groups is 1. The van der Waals surface area contributed by atoms with Gasteiger partial charge in [-0.25, -0.2) is 0 Å². The summed E-state index contributed by atoms with van der Waals surface area (Å²) in [5.74, 6) is 2.26. The smallest absolute Gasteiger partial charge is 0.225 e. The summed E-state index contributed by atoms with van der Waals surface area (Å²) < 4.78 is 0. The molecule has 0 saturated heterocycles. The summed E-state index contributed by atoms with van der Waals surface area (Å²) in [7, 11) is 2.05. The normalized spacial score (nSPS) is 33.7. The Morgan fingerprint density at radius 1 is 1.10 bits per heavy atom. The molecule has 122 valence electrons. The summed E-state index contributed by atoms with van der Waals surface area (Å²) in [6, 6.07) is 0.496. The van der Waals surface area contributed by atoms with E-state index in [1.165, 1.54) is 44.9 Å². The Morgan fingerprint density at radius 3 is 2.43 bits per heavy atom. The molecular formula is C18H34N2O. The molecule has 3 heteroatoms. The van der Waals surface area contributed by atoms with Gasteiger partial charge in [-0.15, -0.1) is 0 Å². The second-order valence-corrected chi connectivity index (χ2v) is 7.34. The maximum atomic E-state index is 12.8. The van der Waals surface area contributed by atoms with Crippen molar-refractivity contribution in [1.82, 2.24) is 4.90 Å². The molecule has 21 heavy (non-hydrogen) atoms. The molecule has 2 atom stereocenters. The van der Waals surface area contributed by atoms with Gasteiger partial charge in [0.2, 0.25) is 5.91 Å². The van der Waals surface area contributed by atoms with Crippen molar-refractivity contribution in [2.24, 2.45) is 23.5 Å². The molecule has 0 radical (unpaired) electrons. The van der Waals surface area contributed by atoms with Crippen LogP contribution >= 0.6 is 0 Å². The molecule has 2 unspecified atom stereocenters. The highest BCUT2D eigenvalue weighted by atomic mass is 16.2. The quantitative estimate of drug-likeness (QED) is 0.842. The molecule has 0 aromatic heterocycles. The van der Waals surface area contributed by atoms with Gasteiger partial charge in [-0.3, -0.25) is 4.79 Å². The van der Waals surface area contributed by atoms with Crippen molar-refractivity contribution < 1.29 is 4.79 Å². The van der Waals surface area contributed by atoms with E-state index < -0.39 is 0 Å². The van der Waals surface area contributed by atoms with Gasteiger partial charge >= 0.3 is 0 Å². The molecule has 0 aromatic rings. The van der Waals surface area contributed by atoms with Crippen molar-refractivity contribution >= 4 is 5.91 Å². The topological polar surface area (TPSA) is 46.3 Å². The van der Waals surface area contributed by atoms with Crippen LogP contribution in [-0.4, -0.2) is 30.4 Å². The number of nitrogens with zero attached hydrogens (tertiary/aromatic N) is 1. The number of carbonyl (C=O) groups excluding carboxylic acids is 1. The van der Waals surface area contributed by atoms with Crippen LogP contribution in [-0.2, 0) is 4.79 Å². The number of nitrogens with two attached hydrogens (primary N) is 1. The van der Waals surface area contributed by atoms with Crippen LogP contribution < -0.4 is 5.73 Å². The molecular weight excluding hydrogens is 260 g/mol. The molecule has 3 nitrogen and oxygen atoms in total. The van der Waals surface area contributed by atoms with Gasteiger partial charge in [0.1, 0.15) is 0 Å². The predicted octanol–water partition coefficient (Wildman–Crippen LogP) is 3.57. The fraction of sp³-hybridized carbons (Fsp3) is 0.944. The number of rotatable bonds is 5. The second-order valence-electron chi connectivity index (χ2n) is 7.34. The first-order chi connectivity index (χ1) is 10.2. The van der Waals surface area contributed by atoms with Gasteiger partial charge in [-0.1, -0.05) is 26.2 Å². The molecule has 2 aliphatic rings. The van der Waals surface area contributed by atoms with Crippen LogP contribution in [0.5, 0.6) is 0 Å². The van der Waals surface area contributed by atoms with Gasteiger partial charge in [0.05, 0.1) is 0 Å². The average molecular weight is 294 g/mol. The zero-order chi connectivity index (χ0) is 15.2. The molecule has 0 aliphatic heterocycles. The third-order valence-electron chi connectivity index (χ3n) is 6.00. The summed E-state index contributed by atoms with van der Waals surface area (Å²) in [4.78, 5) is 14.9. The number of hydrogen-bond donors (Lipinski definition) is 1. The van der Waals surface area contributed by atoms with Crippen LogP contribution in [0.15, 0.2) is 0 Å². The summed E-state index contributed by atoms with van der Waals surface area (Å²) in [5.41, 5.74) is 5.69. The Labute approximate surface area is 130 Å². The first-order valence-electron chi connectivity index (χ1n) is 9.12. The molecule has 0 heterocycles. The first-order valence-corrected chi connectivity index (χ1v) is 9.12. The highest BCUT2D eigenvalue weighted by molar-refractivity contribution is 5.79. The molecule has 0 bridgehead atoms. The highest BCUT2D eigenvalue weighted by Crippen LogP contribution is 2.34. The van der Waals surface area contributed by atoms with Crippen molar-refractivity contribution in [3.63, 3.8) is 0 Å². The lowest BCUT2D eigenvalue weighted by Crippen LogP contribution is -2.43. The van der Waals surface area contributed by atoms with Crippen LogP contribution in [0.3, 0.4) is 0 Å². The van der Waals surface area contributed by atoms with Crippen molar-refractivity contribution in [3.8, 4) is 0 Å². The van der Waals surface area contributed by atoms with Crippen LogP contribution in [0.4, 0.5) is 0 Å². The van der Waals surface area contributed by atoms with Crippen LogP contribution in [0, 0.1) is 17.8 Å². The molecule has 2 fully saturated rings.